The zero-order valence-electron chi connectivity index (χ0n) is 16.9. The molecule has 0 bridgehead atoms. The minimum atomic E-state index is -0.0881. The molecule has 29 heavy (non-hydrogen) atoms. The summed E-state index contributed by atoms with van der Waals surface area (Å²) in [6.07, 6.45) is 9.09. The highest BCUT2D eigenvalue weighted by atomic mass is 16.3. The average Bonchev–Trinajstić information content (AvgIpc) is 3.30. The Morgan fingerprint density at radius 3 is 2.62 bits per heavy atom. The number of piperidine rings is 2. The Bertz CT molecular complexity index is 738. The number of rotatable bonds is 6. The van der Waals surface area contributed by atoms with Crippen molar-refractivity contribution in [3.8, 4) is 0 Å². The number of nitrogens with one attached hydrogen (secondary N) is 2. The maximum atomic E-state index is 12.5. The highest BCUT2D eigenvalue weighted by Gasteiger charge is 2.26. The van der Waals surface area contributed by atoms with Crippen LogP contribution in [0, 0.1) is 0 Å². The topological polar surface area (TPSA) is 73.6 Å². The molecule has 2 aromatic rings. The van der Waals surface area contributed by atoms with E-state index < -0.39 is 0 Å². The zero-order valence-corrected chi connectivity index (χ0v) is 16.9. The van der Waals surface area contributed by atoms with Crippen LogP contribution in [0.3, 0.4) is 0 Å². The molecule has 7 nitrogen and oxygen atoms in total. The second kappa shape index (κ2) is 9.78. The number of pyridine rings is 1. The Morgan fingerprint density at radius 1 is 1.10 bits per heavy atom. The number of anilines is 1. The molecule has 2 aliphatic rings. The number of nitrogens with zero attached hydrogens (tertiary/aromatic N) is 3. The summed E-state index contributed by atoms with van der Waals surface area (Å²) in [4.78, 5) is 21.6. The van der Waals surface area contributed by atoms with Gasteiger partial charge in [0, 0.05) is 31.9 Å². The molecule has 1 unspecified atom stereocenters. The van der Waals surface area contributed by atoms with Crippen LogP contribution in [0.1, 0.15) is 43.9 Å². The molecule has 156 valence electrons. The summed E-state index contributed by atoms with van der Waals surface area (Å²) in [6.45, 7) is 4.49. The molecule has 2 fully saturated rings. The predicted octanol–water partition coefficient (Wildman–Crippen LogP) is 3.17. The van der Waals surface area contributed by atoms with E-state index in [-0.39, 0.29) is 18.1 Å². The summed E-state index contributed by atoms with van der Waals surface area (Å²) in [5.74, 6) is 1.94. The first-order valence-corrected chi connectivity index (χ1v) is 10.8. The molecule has 1 atom stereocenters. The van der Waals surface area contributed by atoms with E-state index in [0.717, 1.165) is 50.6 Å². The van der Waals surface area contributed by atoms with Gasteiger partial charge in [0.2, 0.25) is 0 Å². The van der Waals surface area contributed by atoms with E-state index in [2.05, 4.69) is 25.4 Å². The second-order valence-corrected chi connectivity index (χ2v) is 7.93. The third-order valence-corrected chi connectivity index (χ3v) is 5.96. The van der Waals surface area contributed by atoms with Crippen LogP contribution in [0.15, 0.2) is 47.2 Å². The number of furan rings is 1. The molecule has 2 aliphatic heterocycles. The molecule has 4 heterocycles. The van der Waals surface area contributed by atoms with Crippen molar-refractivity contribution in [3.63, 3.8) is 0 Å². The number of amides is 2. The molecule has 0 aromatic carbocycles. The van der Waals surface area contributed by atoms with E-state index in [4.69, 9.17) is 4.42 Å². The van der Waals surface area contributed by atoms with E-state index in [9.17, 15) is 4.79 Å². The molecule has 0 spiro atoms. The molecular weight excluding hydrogens is 366 g/mol. The second-order valence-electron chi connectivity index (χ2n) is 7.93. The summed E-state index contributed by atoms with van der Waals surface area (Å²) in [6, 6.07) is 10.1. The first kappa shape index (κ1) is 19.8. The van der Waals surface area contributed by atoms with Gasteiger partial charge in [-0.1, -0.05) is 12.5 Å². The molecule has 2 amide bonds. The summed E-state index contributed by atoms with van der Waals surface area (Å²) in [5.41, 5.74) is 0. The lowest BCUT2D eigenvalue weighted by Gasteiger charge is -2.34. The first-order chi connectivity index (χ1) is 14.3. The average molecular weight is 398 g/mol. The van der Waals surface area contributed by atoms with E-state index >= 15 is 0 Å². The summed E-state index contributed by atoms with van der Waals surface area (Å²) >= 11 is 0. The van der Waals surface area contributed by atoms with Gasteiger partial charge in [0.1, 0.15) is 11.6 Å². The smallest absolute Gasteiger partial charge is 0.315 e. The third kappa shape index (κ3) is 5.29. The lowest BCUT2D eigenvalue weighted by Crippen LogP contribution is -2.49. The predicted molar refractivity (Wildman–Crippen MR) is 113 cm³/mol. The Morgan fingerprint density at radius 2 is 1.93 bits per heavy atom. The van der Waals surface area contributed by atoms with Crippen molar-refractivity contribution in [2.75, 3.05) is 37.6 Å². The maximum Gasteiger partial charge on any atom is 0.315 e. The number of carbonyl (C=O) groups is 1. The Kier molecular flexibility index (Phi) is 6.67. The standard InChI is InChI=1S/C22H31N5O2/c28-22(25-18-9-14-27(15-10-18)21-8-2-3-11-23-21)24-17-19(20-7-6-16-29-20)26-12-4-1-5-13-26/h2-3,6-8,11,16,18-19H,1,4-5,9-10,12-15,17H2,(H2,24,25,28). The fourth-order valence-corrected chi connectivity index (χ4v) is 4.34. The van der Waals surface area contributed by atoms with Crippen molar-refractivity contribution >= 4 is 11.8 Å². The van der Waals surface area contributed by atoms with Crippen molar-refractivity contribution in [2.24, 2.45) is 0 Å². The van der Waals surface area contributed by atoms with Gasteiger partial charge in [-0.05, 0) is 63.0 Å². The number of carbonyl (C=O) groups excluding carboxylic acids is 1. The van der Waals surface area contributed by atoms with Gasteiger partial charge in [0.05, 0.1) is 12.3 Å². The number of hydrogen-bond donors (Lipinski definition) is 2. The maximum absolute atomic E-state index is 12.5. The van der Waals surface area contributed by atoms with Crippen molar-refractivity contribution in [2.45, 2.75) is 44.2 Å². The molecule has 2 saturated heterocycles. The summed E-state index contributed by atoms with van der Waals surface area (Å²) in [7, 11) is 0. The van der Waals surface area contributed by atoms with Crippen LogP contribution in [0.5, 0.6) is 0 Å². The van der Waals surface area contributed by atoms with Crippen LogP contribution in [-0.2, 0) is 0 Å². The summed E-state index contributed by atoms with van der Waals surface area (Å²) < 4.78 is 5.66. The molecule has 0 saturated carbocycles. The van der Waals surface area contributed by atoms with Gasteiger partial charge < -0.3 is 20.0 Å². The van der Waals surface area contributed by atoms with Crippen molar-refractivity contribution < 1.29 is 9.21 Å². The third-order valence-electron chi connectivity index (χ3n) is 5.96. The summed E-state index contributed by atoms with van der Waals surface area (Å²) in [5, 5.41) is 6.23. The molecule has 2 N–H and O–H groups in total. The van der Waals surface area contributed by atoms with Crippen molar-refractivity contribution in [1.82, 2.24) is 20.5 Å². The molecular formula is C22H31N5O2. The van der Waals surface area contributed by atoms with Crippen LogP contribution in [0.2, 0.25) is 0 Å². The van der Waals surface area contributed by atoms with Gasteiger partial charge in [-0.25, -0.2) is 9.78 Å². The number of aromatic nitrogens is 1. The monoisotopic (exact) mass is 397 g/mol. The highest BCUT2D eigenvalue weighted by Crippen LogP contribution is 2.24. The van der Waals surface area contributed by atoms with Gasteiger partial charge in [-0.2, -0.15) is 0 Å². The Hall–Kier alpha value is -2.54. The van der Waals surface area contributed by atoms with Crippen LogP contribution >= 0.6 is 0 Å². The van der Waals surface area contributed by atoms with Crippen molar-refractivity contribution in [3.05, 3.63) is 48.6 Å². The highest BCUT2D eigenvalue weighted by molar-refractivity contribution is 5.74. The van der Waals surface area contributed by atoms with Gasteiger partial charge in [0.25, 0.3) is 0 Å². The largest absolute Gasteiger partial charge is 0.468 e. The van der Waals surface area contributed by atoms with Gasteiger partial charge >= 0.3 is 6.03 Å². The minimum Gasteiger partial charge on any atom is -0.468 e. The normalized spacial score (nSPS) is 19.7. The molecule has 4 rings (SSSR count). The van der Waals surface area contributed by atoms with E-state index in [1.165, 1.54) is 19.3 Å². The van der Waals surface area contributed by atoms with Crippen LogP contribution in [0.25, 0.3) is 0 Å². The molecule has 0 radical (unpaired) electrons. The number of hydrogen-bond acceptors (Lipinski definition) is 5. The SMILES string of the molecule is O=C(NCC(c1ccco1)N1CCCCC1)NC1CCN(c2ccccn2)CC1. The van der Waals surface area contributed by atoms with Gasteiger partial charge in [0.15, 0.2) is 0 Å². The quantitative estimate of drug-likeness (QED) is 0.783. The number of likely N-dealkylation sites (tertiary alicyclic amines) is 1. The van der Waals surface area contributed by atoms with E-state index in [1.807, 2.05) is 36.5 Å². The molecule has 7 heteroatoms. The van der Waals surface area contributed by atoms with Crippen LogP contribution in [-0.4, -0.2) is 54.7 Å². The fraction of sp³-hybridized carbons (Fsp3) is 0.545. The molecule has 0 aliphatic carbocycles. The Labute approximate surface area is 172 Å². The van der Waals surface area contributed by atoms with Crippen LogP contribution in [0.4, 0.5) is 10.6 Å². The van der Waals surface area contributed by atoms with E-state index in [0.29, 0.717) is 6.54 Å². The first-order valence-electron chi connectivity index (χ1n) is 10.8. The molecule has 2 aromatic heterocycles. The Balaban J connectivity index is 1.25. The van der Waals surface area contributed by atoms with E-state index in [1.54, 1.807) is 6.26 Å². The minimum absolute atomic E-state index is 0.0881. The van der Waals surface area contributed by atoms with Crippen molar-refractivity contribution in [1.29, 1.82) is 0 Å². The van der Waals surface area contributed by atoms with Crippen LogP contribution < -0.4 is 15.5 Å². The lowest BCUT2D eigenvalue weighted by molar-refractivity contribution is 0.143. The van der Waals surface area contributed by atoms with Gasteiger partial charge in [-0.3, -0.25) is 4.90 Å². The zero-order chi connectivity index (χ0) is 19.9. The van der Waals surface area contributed by atoms with Gasteiger partial charge in [-0.15, -0.1) is 0 Å². The number of urea groups is 1. The lowest BCUT2D eigenvalue weighted by atomic mass is 10.1. The fourth-order valence-electron chi connectivity index (χ4n) is 4.34.